The first-order valence-corrected chi connectivity index (χ1v) is 13.2. The molecular weight excluding hydrogens is 506 g/mol. The van der Waals surface area contributed by atoms with Gasteiger partial charge in [0.05, 0.1) is 32.5 Å². The molecule has 2 aromatic carbocycles. The van der Waals surface area contributed by atoms with Crippen LogP contribution in [0.2, 0.25) is 0 Å². The van der Waals surface area contributed by atoms with E-state index in [0.717, 1.165) is 41.2 Å². The first-order valence-electron chi connectivity index (χ1n) is 12.4. The predicted octanol–water partition coefficient (Wildman–Crippen LogP) is 4.61. The summed E-state index contributed by atoms with van der Waals surface area (Å²) in [6.07, 6.45) is 0.419. The third kappa shape index (κ3) is 4.77. The zero-order valence-corrected chi connectivity index (χ0v) is 22.9. The molecule has 200 valence electrons. The Hall–Kier alpha value is -3.76. The second-order valence-electron chi connectivity index (χ2n) is 9.45. The first kappa shape index (κ1) is 25.9. The number of hydrogen-bond donors (Lipinski definition) is 2. The largest absolute Gasteiger partial charge is 0.493 e. The zero-order chi connectivity index (χ0) is 27.0. The topological polar surface area (TPSA) is 98.4 Å². The Morgan fingerprint density at radius 3 is 2.45 bits per heavy atom. The number of methoxy groups -OCH3 is 3. The minimum Gasteiger partial charge on any atom is -0.493 e. The van der Waals surface area contributed by atoms with Crippen LogP contribution in [0.15, 0.2) is 36.4 Å². The van der Waals surface area contributed by atoms with E-state index in [9.17, 15) is 9.59 Å². The van der Waals surface area contributed by atoms with Gasteiger partial charge >= 0.3 is 5.97 Å². The maximum Gasteiger partial charge on any atom is 0.343 e. The second kappa shape index (κ2) is 10.5. The van der Waals surface area contributed by atoms with E-state index in [2.05, 4.69) is 29.4 Å². The molecule has 3 heterocycles. The van der Waals surface area contributed by atoms with E-state index in [1.807, 2.05) is 6.07 Å². The summed E-state index contributed by atoms with van der Waals surface area (Å²) in [4.78, 5) is 29.8. The number of carbonyl (C=O) groups excluding carboxylic acids is 2. The van der Waals surface area contributed by atoms with E-state index < -0.39 is 12.1 Å². The first-order chi connectivity index (χ1) is 18.3. The maximum absolute atomic E-state index is 13.2. The summed E-state index contributed by atoms with van der Waals surface area (Å²) < 4.78 is 21.7. The van der Waals surface area contributed by atoms with Crippen molar-refractivity contribution in [2.75, 3.05) is 33.2 Å². The van der Waals surface area contributed by atoms with Crippen LogP contribution in [-0.2, 0) is 13.0 Å². The van der Waals surface area contributed by atoms with E-state index >= 15 is 0 Å². The minimum absolute atomic E-state index is 0.0842. The van der Waals surface area contributed by atoms with E-state index in [1.165, 1.54) is 38.3 Å². The van der Waals surface area contributed by atoms with Gasteiger partial charge in [0.15, 0.2) is 11.5 Å². The van der Waals surface area contributed by atoms with Crippen molar-refractivity contribution in [1.29, 1.82) is 0 Å². The lowest BCUT2D eigenvalue weighted by Gasteiger charge is -2.31. The molecule has 1 aromatic heterocycles. The van der Waals surface area contributed by atoms with E-state index in [-0.39, 0.29) is 11.5 Å². The van der Waals surface area contributed by atoms with E-state index in [0.29, 0.717) is 29.0 Å². The van der Waals surface area contributed by atoms with Crippen molar-refractivity contribution < 1.29 is 28.5 Å². The highest BCUT2D eigenvalue weighted by Gasteiger charge is 2.34. The molecule has 0 aliphatic carbocycles. The van der Waals surface area contributed by atoms with Gasteiger partial charge in [-0.2, -0.15) is 0 Å². The number of rotatable bonds is 7. The number of hydrogen-bond acceptors (Lipinski definition) is 9. The number of carbonyl (C=O) groups is 2. The zero-order valence-electron chi connectivity index (χ0n) is 22.0. The molecule has 0 fully saturated rings. The number of anilines is 1. The molecule has 1 amide bonds. The van der Waals surface area contributed by atoms with Crippen LogP contribution in [-0.4, -0.2) is 50.7 Å². The SMILES string of the molecule is COc1cc(C(=O)Oc2cccc([C@H]3NC(=O)c4c(sc5c4CCN(C(C)C)C5)N3)c2)cc(OC)c1OC. The monoisotopic (exact) mass is 537 g/mol. The number of thiophene rings is 1. The molecule has 9 nitrogen and oxygen atoms in total. The molecule has 0 bridgehead atoms. The molecule has 0 saturated heterocycles. The van der Waals surface area contributed by atoms with Gasteiger partial charge in [-0.25, -0.2) is 4.79 Å². The predicted molar refractivity (Wildman–Crippen MR) is 145 cm³/mol. The molecule has 1 atom stereocenters. The van der Waals surface area contributed by atoms with Gasteiger partial charge in [-0.3, -0.25) is 9.69 Å². The fourth-order valence-electron chi connectivity index (χ4n) is 4.87. The Morgan fingerprint density at radius 1 is 1.05 bits per heavy atom. The molecule has 2 aliphatic rings. The Balaban J connectivity index is 1.35. The fourth-order valence-corrected chi connectivity index (χ4v) is 6.16. The highest BCUT2D eigenvalue weighted by molar-refractivity contribution is 7.16. The van der Waals surface area contributed by atoms with Crippen molar-refractivity contribution >= 4 is 28.2 Å². The molecule has 0 radical (unpaired) electrons. The number of nitrogens with one attached hydrogen (secondary N) is 2. The van der Waals surface area contributed by atoms with Gasteiger partial charge in [-0.1, -0.05) is 12.1 Å². The lowest BCUT2D eigenvalue weighted by atomic mass is 9.99. The Kier molecular flexibility index (Phi) is 7.18. The van der Waals surface area contributed by atoms with Gasteiger partial charge in [0.2, 0.25) is 5.75 Å². The number of ether oxygens (including phenoxy) is 4. The van der Waals surface area contributed by atoms with Crippen LogP contribution in [0.3, 0.4) is 0 Å². The quantitative estimate of drug-likeness (QED) is 0.333. The van der Waals surface area contributed by atoms with E-state index in [4.69, 9.17) is 18.9 Å². The van der Waals surface area contributed by atoms with E-state index in [1.54, 1.807) is 29.5 Å². The van der Waals surface area contributed by atoms with Crippen molar-refractivity contribution in [2.45, 2.75) is 39.0 Å². The van der Waals surface area contributed by atoms with Gasteiger partial charge < -0.3 is 29.6 Å². The van der Waals surface area contributed by atoms with Crippen LogP contribution < -0.4 is 29.6 Å². The van der Waals surface area contributed by atoms with Crippen LogP contribution in [0.4, 0.5) is 5.00 Å². The van der Waals surface area contributed by atoms with Crippen LogP contribution >= 0.6 is 11.3 Å². The Morgan fingerprint density at radius 2 is 1.79 bits per heavy atom. The standard InChI is InChI=1S/C28H31N3O6S/c1-15(2)31-10-9-19-22(14-31)38-27-23(19)26(32)29-25(30-27)16-7-6-8-18(11-16)37-28(33)17-12-20(34-3)24(36-5)21(13-17)35-4/h6-8,11-13,15,25,30H,9-10,14H2,1-5H3,(H,29,32)/t25-/m0/s1. The van der Waals surface area contributed by atoms with Crippen molar-refractivity contribution in [3.8, 4) is 23.0 Å². The van der Waals surface area contributed by atoms with Crippen molar-refractivity contribution in [2.24, 2.45) is 0 Å². The third-order valence-electron chi connectivity index (χ3n) is 6.90. The summed E-state index contributed by atoms with van der Waals surface area (Å²) in [5, 5.41) is 7.43. The van der Waals surface area contributed by atoms with Gasteiger partial charge in [-0.15, -0.1) is 11.3 Å². The third-order valence-corrected chi connectivity index (χ3v) is 8.05. The number of amides is 1. The van der Waals surface area contributed by atoms with Crippen LogP contribution in [0.5, 0.6) is 23.0 Å². The molecule has 2 aliphatic heterocycles. The summed E-state index contributed by atoms with van der Waals surface area (Å²) in [6.45, 7) is 6.20. The van der Waals surface area contributed by atoms with Crippen LogP contribution in [0.1, 0.15) is 56.7 Å². The average molecular weight is 538 g/mol. The number of benzene rings is 2. The molecular formula is C28H31N3O6S. The number of esters is 1. The number of nitrogens with zero attached hydrogens (tertiary/aromatic N) is 1. The summed E-state index contributed by atoms with van der Waals surface area (Å²) >= 11 is 1.65. The number of fused-ring (bicyclic) bond motifs is 3. The molecule has 10 heteroatoms. The molecule has 0 spiro atoms. The Bertz CT molecular complexity index is 1360. The molecule has 3 aromatic rings. The van der Waals surface area contributed by atoms with Gasteiger partial charge in [0, 0.05) is 24.0 Å². The lowest BCUT2D eigenvalue weighted by Crippen LogP contribution is -2.39. The van der Waals surface area contributed by atoms with Crippen molar-refractivity contribution in [1.82, 2.24) is 10.2 Å². The molecule has 38 heavy (non-hydrogen) atoms. The molecule has 5 rings (SSSR count). The maximum atomic E-state index is 13.2. The molecule has 2 N–H and O–H groups in total. The smallest absolute Gasteiger partial charge is 0.343 e. The van der Waals surface area contributed by atoms with Crippen LogP contribution in [0, 0.1) is 0 Å². The summed E-state index contributed by atoms with van der Waals surface area (Å²) in [5.74, 6) is 0.782. The second-order valence-corrected chi connectivity index (χ2v) is 10.6. The van der Waals surface area contributed by atoms with Gasteiger partial charge in [-0.05, 0) is 55.7 Å². The van der Waals surface area contributed by atoms with Gasteiger partial charge in [0.1, 0.15) is 16.9 Å². The Labute approximate surface area is 225 Å². The minimum atomic E-state index is -0.579. The lowest BCUT2D eigenvalue weighted by molar-refractivity contribution is 0.0733. The summed E-state index contributed by atoms with van der Waals surface area (Å²) in [7, 11) is 4.46. The average Bonchev–Trinajstić information content (AvgIpc) is 3.30. The molecule has 0 saturated carbocycles. The fraction of sp³-hybridized carbons (Fsp3) is 0.357. The highest BCUT2D eigenvalue weighted by Crippen LogP contribution is 2.41. The highest BCUT2D eigenvalue weighted by atomic mass is 32.1. The summed E-state index contributed by atoms with van der Waals surface area (Å²) in [6, 6.07) is 10.6. The van der Waals surface area contributed by atoms with Crippen molar-refractivity contribution in [3.05, 3.63) is 63.5 Å². The molecule has 0 unspecified atom stereocenters. The normalized spacial score (nSPS) is 16.7. The van der Waals surface area contributed by atoms with Crippen LogP contribution in [0.25, 0.3) is 0 Å². The summed E-state index contributed by atoms with van der Waals surface area (Å²) in [5.41, 5.74) is 2.93. The van der Waals surface area contributed by atoms with Gasteiger partial charge in [0.25, 0.3) is 5.91 Å². The van der Waals surface area contributed by atoms with Crippen molar-refractivity contribution in [3.63, 3.8) is 0 Å².